The van der Waals surface area contributed by atoms with Crippen molar-refractivity contribution < 1.29 is 0 Å². The Morgan fingerprint density at radius 2 is 2.10 bits per heavy atom. The van der Waals surface area contributed by atoms with Crippen molar-refractivity contribution in [2.24, 2.45) is 17.8 Å². The minimum atomic E-state index is 0.528. The maximum Gasteiger partial charge on any atom is 0.0323 e. The van der Waals surface area contributed by atoms with Crippen LogP contribution in [0.5, 0.6) is 0 Å². The Morgan fingerprint density at radius 3 is 2.70 bits per heavy atom. The van der Waals surface area contributed by atoms with Crippen LogP contribution in [0.3, 0.4) is 0 Å². The van der Waals surface area contributed by atoms with Crippen LogP contribution in [0.25, 0.3) is 0 Å². The number of halogens is 1. The molecule has 110 valence electrons. The number of rotatable bonds is 5. The van der Waals surface area contributed by atoms with Gasteiger partial charge in [0.15, 0.2) is 0 Å². The highest BCUT2D eigenvalue weighted by Crippen LogP contribution is 2.51. The topological polar surface area (TPSA) is 12.0 Å². The summed E-state index contributed by atoms with van der Waals surface area (Å²) >= 11 is 3.65. The molecule has 0 heterocycles. The standard InChI is InChI=1S/C18H26BrN/c1-3-20-18(16-6-12(2)7-17(19)10-16)11-15-9-13-4-5-14(15)8-13/h6-7,10,13-15,18,20H,3-5,8-9,11H2,1-2H3. The first-order chi connectivity index (χ1) is 9.65. The van der Waals surface area contributed by atoms with Crippen molar-refractivity contribution in [1.29, 1.82) is 0 Å². The van der Waals surface area contributed by atoms with Crippen molar-refractivity contribution >= 4 is 15.9 Å². The summed E-state index contributed by atoms with van der Waals surface area (Å²) in [5.74, 6) is 3.03. The van der Waals surface area contributed by atoms with Crippen molar-refractivity contribution in [3.05, 3.63) is 33.8 Å². The molecule has 1 aromatic rings. The predicted octanol–water partition coefficient (Wildman–Crippen LogP) is 5.23. The number of aryl methyl sites for hydroxylation is 1. The third kappa shape index (κ3) is 3.12. The largest absolute Gasteiger partial charge is 0.310 e. The number of nitrogens with one attached hydrogen (secondary N) is 1. The summed E-state index contributed by atoms with van der Waals surface area (Å²) in [6.07, 6.45) is 7.32. The first-order valence-electron chi connectivity index (χ1n) is 8.16. The maximum absolute atomic E-state index is 3.72. The molecule has 2 aliphatic carbocycles. The summed E-state index contributed by atoms with van der Waals surface area (Å²) in [6, 6.07) is 7.38. The van der Waals surface area contributed by atoms with E-state index in [9.17, 15) is 0 Å². The van der Waals surface area contributed by atoms with Gasteiger partial charge in [0.2, 0.25) is 0 Å². The van der Waals surface area contributed by atoms with E-state index in [1.165, 1.54) is 47.7 Å². The van der Waals surface area contributed by atoms with Crippen LogP contribution in [0.15, 0.2) is 22.7 Å². The lowest BCUT2D eigenvalue weighted by Gasteiger charge is -2.28. The lowest BCUT2D eigenvalue weighted by molar-refractivity contribution is 0.280. The molecular formula is C18H26BrN. The molecule has 0 saturated heterocycles. The van der Waals surface area contributed by atoms with Crippen LogP contribution in [0.2, 0.25) is 0 Å². The number of hydrogen-bond acceptors (Lipinski definition) is 1. The van der Waals surface area contributed by atoms with E-state index in [-0.39, 0.29) is 0 Å². The van der Waals surface area contributed by atoms with Gasteiger partial charge >= 0.3 is 0 Å². The molecule has 4 atom stereocenters. The summed E-state index contributed by atoms with van der Waals surface area (Å²) in [7, 11) is 0. The summed E-state index contributed by atoms with van der Waals surface area (Å²) < 4.78 is 1.21. The average molecular weight is 336 g/mol. The Labute approximate surface area is 131 Å². The Morgan fingerprint density at radius 1 is 1.25 bits per heavy atom. The zero-order chi connectivity index (χ0) is 14.1. The molecule has 0 radical (unpaired) electrons. The average Bonchev–Trinajstić information content (AvgIpc) is 2.99. The van der Waals surface area contributed by atoms with Crippen LogP contribution in [-0.2, 0) is 0 Å². The highest BCUT2D eigenvalue weighted by molar-refractivity contribution is 9.10. The fraction of sp³-hybridized carbons (Fsp3) is 0.667. The Bertz CT molecular complexity index is 450. The van der Waals surface area contributed by atoms with E-state index in [0.29, 0.717) is 6.04 Å². The van der Waals surface area contributed by atoms with Gasteiger partial charge in [-0.15, -0.1) is 0 Å². The third-order valence-electron chi connectivity index (χ3n) is 5.34. The third-order valence-corrected chi connectivity index (χ3v) is 5.80. The van der Waals surface area contributed by atoms with Gasteiger partial charge in [0.25, 0.3) is 0 Å². The zero-order valence-electron chi connectivity index (χ0n) is 12.7. The van der Waals surface area contributed by atoms with Gasteiger partial charge in [-0.2, -0.15) is 0 Å². The number of fused-ring (bicyclic) bond motifs is 2. The predicted molar refractivity (Wildman–Crippen MR) is 88.9 cm³/mol. The molecule has 0 aliphatic heterocycles. The van der Waals surface area contributed by atoms with E-state index in [0.717, 1.165) is 24.3 Å². The Hall–Kier alpha value is -0.340. The molecule has 2 bridgehead atoms. The summed E-state index contributed by atoms with van der Waals surface area (Å²) in [6.45, 7) is 5.46. The van der Waals surface area contributed by atoms with Crippen molar-refractivity contribution in [1.82, 2.24) is 5.32 Å². The summed E-state index contributed by atoms with van der Waals surface area (Å²) in [4.78, 5) is 0. The summed E-state index contributed by atoms with van der Waals surface area (Å²) in [5, 5.41) is 3.72. The molecular weight excluding hydrogens is 310 g/mol. The lowest BCUT2D eigenvalue weighted by Crippen LogP contribution is -2.25. The van der Waals surface area contributed by atoms with Gasteiger partial charge in [-0.25, -0.2) is 0 Å². The van der Waals surface area contributed by atoms with Crippen molar-refractivity contribution in [3.63, 3.8) is 0 Å². The lowest BCUT2D eigenvalue weighted by atomic mass is 9.82. The highest BCUT2D eigenvalue weighted by Gasteiger charge is 2.40. The van der Waals surface area contributed by atoms with Crippen LogP contribution < -0.4 is 5.32 Å². The Balaban J connectivity index is 1.74. The Kier molecular flexibility index (Phi) is 4.52. The second-order valence-electron chi connectivity index (χ2n) is 6.84. The molecule has 2 saturated carbocycles. The molecule has 0 aromatic heterocycles. The van der Waals surface area contributed by atoms with Crippen LogP contribution in [-0.4, -0.2) is 6.54 Å². The van der Waals surface area contributed by atoms with E-state index in [4.69, 9.17) is 0 Å². The minimum Gasteiger partial charge on any atom is -0.310 e. The van der Waals surface area contributed by atoms with Gasteiger partial charge in [-0.05, 0) is 80.2 Å². The van der Waals surface area contributed by atoms with Crippen LogP contribution in [0.1, 0.15) is 56.2 Å². The van der Waals surface area contributed by atoms with Crippen LogP contribution >= 0.6 is 15.9 Å². The van der Waals surface area contributed by atoms with E-state index in [1.54, 1.807) is 0 Å². The molecule has 3 rings (SSSR count). The molecule has 2 fully saturated rings. The monoisotopic (exact) mass is 335 g/mol. The molecule has 1 nitrogen and oxygen atoms in total. The van der Waals surface area contributed by atoms with E-state index in [1.807, 2.05) is 0 Å². The second kappa shape index (κ2) is 6.19. The molecule has 2 heteroatoms. The fourth-order valence-corrected chi connectivity index (χ4v) is 5.14. The molecule has 2 aliphatic rings. The van der Waals surface area contributed by atoms with E-state index in [2.05, 4.69) is 53.3 Å². The number of hydrogen-bond donors (Lipinski definition) is 1. The SMILES string of the molecule is CCNC(CC1CC2CCC1C2)c1cc(C)cc(Br)c1. The quantitative estimate of drug-likeness (QED) is 0.776. The van der Waals surface area contributed by atoms with Gasteiger partial charge < -0.3 is 5.32 Å². The smallest absolute Gasteiger partial charge is 0.0323 e. The van der Waals surface area contributed by atoms with Crippen molar-refractivity contribution in [2.45, 2.75) is 52.0 Å². The number of benzene rings is 1. The minimum absolute atomic E-state index is 0.528. The highest BCUT2D eigenvalue weighted by atomic mass is 79.9. The fourth-order valence-electron chi connectivity index (χ4n) is 4.52. The molecule has 0 amide bonds. The van der Waals surface area contributed by atoms with E-state index >= 15 is 0 Å². The maximum atomic E-state index is 3.72. The molecule has 1 N–H and O–H groups in total. The second-order valence-corrected chi connectivity index (χ2v) is 7.76. The van der Waals surface area contributed by atoms with Gasteiger partial charge in [0, 0.05) is 10.5 Å². The zero-order valence-corrected chi connectivity index (χ0v) is 14.2. The van der Waals surface area contributed by atoms with E-state index < -0.39 is 0 Å². The molecule has 4 unspecified atom stereocenters. The molecule has 20 heavy (non-hydrogen) atoms. The van der Waals surface area contributed by atoms with Crippen LogP contribution in [0.4, 0.5) is 0 Å². The van der Waals surface area contributed by atoms with Gasteiger partial charge in [-0.1, -0.05) is 35.3 Å². The normalized spacial score (nSPS) is 29.9. The van der Waals surface area contributed by atoms with Crippen molar-refractivity contribution in [3.8, 4) is 0 Å². The molecule has 0 spiro atoms. The first kappa shape index (κ1) is 14.6. The summed E-state index contributed by atoms with van der Waals surface area (Å²) in [5.41, 5.74) is 2.81. The molecule has 1 aromatic carbocycles. The van der Waals surface area contributed by atoms with Gasteiger partial charge in [-0.3, -0.25) is 0 Å². The van der Waals surface area contributed by atoms with Gasteiger partial charge in [0.1, 0.15) is 0 Å². The van der Waals surface area contributed by atoms with Crippen molar-refractivity contribution in [2.75, 3.05) is 6.54 Å². The first-order valence-corrected chi connectivity index (χ1v) is 8.95. The van der Waals surface area contributed by atoms with Crippen LogP contribution in [0, 0.1) is 24.7 Å². The van der Waals surface area contributed by atoms with Gasteiger partial charge in [0.05, 0.1) is 0 Å².